The highest BCUT2D eigenvalue weighted by Gasteiger charge is 2.36. The average Bonchev–Trinajstić information content (AvgIpc) is 2.71. The number of morpholine rings is 1. The third kappa shape index (κ3) is 3.72. The second kappa shape index (κ2) is 8.07. The molecule has 0 N–H and O–H groups in total. The predicted molar refractivity (Wildman–Crippen MR) is 111 cm³/mol. The highest BCUT2D eigenvalue weighted by Crippen LogP contribution is 2.34. The van der Waals surface area contributed by atoms with E-state index in [-0.39, 0.29) is 23.0 Å². The number of allylic oxidation sites excluding steroid dienone is 3. The minimum atomic E-state index is -0.234. The topological polar surface area (TPSA) is 60.2 Å². The molecular weight excluding hydrogens is 399 g/mol. The molecule has 3 heterocycles. The van der Waals surface area contributed by atoms with E-state index in [4.69, 9.17) is 32.9 Å². The summed E-state index contributed by atoms with van der Waals surface area (Å²) >= 11 is 12.9. The molecule has 3 atom stereocenters. The van der Waals surface area contributed by atoms with Gasteiger partial charge in [0.2, 0.25) is 5.95 Å². The molecule has 0 saturated carbocycles. The van der Waals surface area contributed by atoms with Gasteiger partial charge in [-0.25, -0.2) is 4.98 Å². The first kappa shape index (κ1) is 19.2. The molecule has 2 aliphatic rings. The number of halogens is 2. The third-order valence-electron chi connectivity index (χ3n) is 5.08. The zero-order valence-electron chi connectivity index (χ0n) is 15.3. The lowest BCUT2D eigenvalue weighted by molar-refractivity contribution is 0.0136. The van der Waals surface area contributed by atoms with Crippen LogP contribution in [0.3, 0.4) is 0 Å². The van der Waals surface area contributed by atoms with E-state index in [1.807, 2.05) is 30.4 Å². The van der Waals surface area contributed by atoms with Gasteiger partial charge < -0.3 is 9.64 Å². The van der Waals surface area contributed by atoms with E-state index in [0.29, 0.717) is 36.4 Å². The molecule has 4 rings (SSSR count). The molecule has 2 aromatic rings. The molecule has 1 aliphatic heterocycles. The summed E-state index contributed by atoms with van der Waals surface area (Å²) in [6, 6.07) is 5.21. The van der Waals surface area contributed by atoms with Gasteiger partial charge in [0, 0.05) is 55.1 Å². The number of anilines is 1. The molecule has 6 nitrogen and oxygen atoms in total. The molecule has 0 aromatic carbocycles. The Labute approximate surface area is 173 Å². The molecule has 1 saturated heterocycles. The SMILES string of the molecule is Cn1c(N2CCO[C@H](C3C(Cl)=CC=CC3Cl)C2)nc(-c2ccncc2)cc1=O. The first-order valence-corrected chi connectivity index (χ1v) is 9.89. The predicted octanol–water partition coefficient (Wildman–Crippen LogP) is 2.96. The number of hydrogen-bond donors (Lipinski definition) is 0. The minimum Gasteiger partial charge on any atom is -0.374 e. The number of aromatic nitrogens is 3. The largest absolute Gasteiger partial charge is 0.374 e. The Bertz CT molecular complexity index is 974. The first-order chi connectivity index (χ1) is 13.5. The van der Waals surface area contributed by atoms with Crippen LogP contribution in [0.2, 0.25) is 0 Å². The second-order valence-corrected chi connectivity index (χ2v) is 7.78. The van der Waals surface area contributed by atoms with E-state index in [2.05, 4.69) is 9.88 Å². The lowest BCUT2D eigenvalue weighted by Gasteiger charge is -2.39. The van der Waals surface area contributed by atoms with Crippen molar-refractivity contribution in [3.8, 4) is 11.3 Å². The van der Waals surface area contributed by atoms with Gasteiger partial charge in [0.15, 0.2) is 0 Å². The van der Waals surface area contributed by atoms with Crippen molar-refractivity contribution in [2.75, 3.05) is 24.6 Å². The van der Waals surface area contributed by atoms with Gasteiger partial charge in [-0.2, -0.15) is 0 Å². The fourth-order valence-electron chi connectivity index (χ4n) is 3.57. The Balaban J connectivity index is 1.65. The highest BCUT2D eigenvalue weighted by atomic mass is 35.5. The lowest BCUT2D eigenvalue weighted by Crippen LogP contribution is -2.49. The van der Waals surface area contributed by atoms with Gasteiger partial charge in [-0.1, -0.05) is 23.8 Å². The molecule has 0 amide bonds. The number of alkyl halides is 1. The summed E-state index contributed by atoms with van der Waals surface area (Å²) in [4.78, 5) is 23.4. The number of pyridine rings is 1. The fraction of sp³-hybridized carbons (Fsp3) is 0.350. The van der Waals surface area contributed by atoms with Crippen molar-refractivity contribution in [2.45, 2.75) is 11.5 Å². The maximum atomic E-state index is 12.6. The molecule has 0 radical (unpaired) electrons. The summed E-state index contributed by atoms with van der Waals surface area (Å²) in [5.74, 6) is 0.474. The van der Waals surface area contributed by atoms with Gasteiger partial charge in [-0.15, -0.1) is 11.6 Å². The van der Waals surface area contributed by atoms with Crippen LogP contribution in [-0.2, 0) is 11.8 Å². The molecule has 0 bridgehead atoms. The maximum Gasteiger partial charge on any atom is 0.255 e. The van der Waals surface area contributed by atoms with Gasteiger partial charge in [0.25, 0.3) is 5.56 Å². The Hall–Kier alpha value is -2.15. The first-order valence-electron chi connectivity index (χ1n) is 9.07. The standard InChI is InChI=1S/C20H20Cl2N4O2/c1-25-18(27)11-16(13-5-7-23-8-6-13)24-20(25)26-9-10-28-17(12-26)19-14(21)3-2-4-15(19)22/h2-8,11,14,17,19H,9-10,12H2,1H3/t14?,17-,19?/m0/s1. The molecule has 2 aromatic heterocycles. The van der Waals surface area contributed by atoms with Crippen LogP contribution in [0.25, 0.3) is 11.3 Å². The van der Waals surface area contributed by atoms with Crippen LogP contribution >= 0.6 is 23.2 Å². The van der Waals surface area contributed by atoms with Crippen LogP contribution in [0.1, 0.15) is 0 Å². The van der Waals surface area contributed by atoms with Gasteiger partial charge in [0.05, 0.1) is 23.8 Å². The summed E-state index contributed by atoms with van der Waals surface area (Å²) in [5.41, 5.74) is 1.36. The minimum absolute atomic E-state index is 0.117. The van der Waals surface area contributed by atoms with Crippen molar-refractivity contribution < 1.29 is 4.74 Å². The van der Waals surface area contributed by atoms with E-state index in [1.165, 1.54) is 6.07 Å². The molecule has 28 heavy (non-hydrogen) atoms. The monoisotopic (exact) mass is 418 g/mol. The van der Waals surface area contributed by atoms with E-state index >= 15 is 0 Å². The Morgan fingerprint density at radius 1 is 1.29 bits per heavy atom. The van der Waals surface area contributed by atoms with Crippen LogP contribution in [-0.4, -0.2) is 45.7 Å². The van der Waals surface area contributed by atoms with Crippen LogP contribution in [0.15, 0.2) is 58.6 Å². The molecule has 1 aliphatic carbocycles. The maximum absolute atomic E-state index is 12.6. The van der Waals surface area contributed by atoms with E-state index in [1.54, 1.807) is 24.0 Å². The molecule has 2 unspecified atom stereocenters. The second-order valence-electron chi connectivity index (χ2n) is 6.84. The van der Waals surface area contributed by atoms with Crippen molar-refractivity contribution in [3.05, 3.63) is 64.2 Å². The van der Waals surface area contributed by atoms with Crippen molar-refractivity contribution in [3.63, 3.8) is 0 Å². The van der Waals surface area contributed by atoms with E-state index in [0.717, 1.165) is 5.56 Å². The highest BCUT2D eigenvalue weighted by molar-refractivity contribution is 6.31. The molecule has 8 heteroatoms. The number of hydrogen-bond acceptors (Lipinski definition) is 5. The summed E-state index contributed by atoms with van der Waals surface area (Å²) in [6.07, 6.45) is 8.81. The van der Waals surface area contributed by atoms with Gasteiger partial charge in [0.1, 0.15) is 0 Å². The summed E-state index contributed by atoms with van der Waals surface area (Å²) in [6.45, 7) is 1.69. The summed E-state index contributed by atoms with van der Waals surface area (Å²) in [7, 11) is 1.73. The molecular formula is C20H20Cl2N4O2. The number of rotatable bonds is 3. The normalized spacial score (nSPS) is 24.9. The lowest BCUT2D eigenvalue weighted by atomic mass is 9.92. The Morgan fingerprint density at radius 3 is 2.82 bits per heavy atom. The molecule has 146 valence electrons. The Morgan fingerprint density at radius 2 is 2.07 bits per heavy atom. The Kier molecular flexibility index (Phi) is 5.53. The van der Waals surface area contributed by atoms with Gasteiger partial charge in [-0.05, 0) is 18.2 Å². The number of nitrogens with zero attached hydrogens (tertiary/aromatic N) is 4. The molecule has 0 spiro atoms. The quantitative estimate of drug-likeness (QED) is 0.716. The zero-order valence-corrected chi connectivity index (χ0v) is 16.8. The third-order valence-corrected chi connectivity index (χ3v) is 5.87. The van der Waals surface area contributed by atoms with Crippen LogP contribution in [0.4, 0.5) is 5.95 Å². The van der Waals surface area contributed by atoms with Gasteiger partial charge >= 0.3 is 0 Å². The number of ether oxygens (including phenoxy) is 1. The van der Waals surface area contributed by atoms with Crippen LogP contribution < -0.4 is 10.5 Å². The molecule has 1 fully saturated rings. The fourth-order valence-corrected chi connectivity index (χ4v) is 4.37. The smallest absolute Gasteiger partial charge is 0.255 e. The van der Waals surface area contributed by atoms with Crippen molar-refractivity contribution in [1.82, 2.24) is 14.5 Å². The van der Waals surface area contributed by atoms with E-state index in [9.17, 15) is 4.79 Å². The van der Waals surface area contributed by atoms with E-state index < -0.39 is 0 Å². The van der Waals surface area contributed by atoms with Crippen LogP contribution in [0, 0.1) is 5.92 Å². The van der Waals surface area contributed by atoms with Crippen LogP contribution in [0.5, 0.6) is 0 Å². The van der Waals surface area contributed by atoms with Gasteiger partial charge in [-0.3, -0.25) is 14.3 Å². The summed E-state index contributed by atoms with van der Waals surface area (Å²) < 4.78 is 7.55. The average molecular weight is 419 g/mol. The van der Waals surface area contributed by atoms with Crippen molar-refractivity contribution in [1.29, 1.82) is 0 Å². The summed E-state index contributed by atoms with van der Waals surface area (Å²) in [5, 5.41) is 0.448. The van der Waals surface area contributed by atoms with Crippen molar-refractivity contribution >= 4 is 29.2 Å². The zero-order chi connectivity index (χ0) is 19.7. The van der Waals surface area contributed by atoms with Crippen molar-refractivity contribution in [2.24, 2.45) is 13.0 Å².